The Bertz CT molecular complexity index is 768. The highest BCUT2D eigenvalue weighted by Crippen LogP contribution is 2.17. The Balaban J connectivity index is 1.80. The van der Waals surface area contributed by atoms with E-state index in [1.54, 1.807) is 6.07 Å². The number of carbonyl (C=O) groups is 1. The number of hydrogen-bond acceptors (Lipinski definition) is 3. The summed E-state index contributed by atoms with van der Waals surface area (Å²) >= 11 is 6.06. The minimum Gasteiger partial charge on any atom is -0.292 e. The Labute approximate surface area is 127 Å². The van der Waals surface area contributed by atoms with E-state index in [9.17, 15) is 4.79 Å². The topological polar surface area (TPSA) is 47.8 Å². The summed E-state index contributed by atoms with van der Waals surface area (Å²) in [6, 6.07) is 16.7. The molecule has 0 saturated heterocycles. The van der Waals surface area contributed by atoms with Crippen molar-refractivity contribution >= 4 is 17.4 Å². The van der Waals surface area contributed by atoms with Crippen LogP contribution in [0.5, 0.6) is 0 Å². The molecule has 104 valence electrons. The van der Waals surface area contributed by atoms with E-state index in [4.69, 9.17) is 11.6 Å². The number of halogens is 1. The Kier molecular flexibility index (Phi) is 3.79. The number of Topliss-reactive ketones (excluding diaryl/α,β-unsaturated/α-hetero) is 1. The Morgan fingerprint density at radius 1 is 1.05 bits per heavy atom. The van der Waals surface area contributed by atoms with Crippen molar-refractivity contribution in [1.29, 1.82) is 0 Å². The maximum Gasteiger partial charge on any atom is 0.189 e. The van der Waals surface area contributed by atoms with Crippen LogP contribution in [-0.4, -0.2) is 20.8 Å². The number of nitrogens with zero attached hydrogens (tertiary/aromatic N) is 3. The van der Waals surface area contributed by atoms with Gasteiger partial charge in [-0.15, -0.1) is 5.10 Å². The zero-order chi connectivity index (χ0) is 14.7. The zero-order valence-corrected chi connectivity index (χ0v) is 11.9. The fourth-order valence-electron chi connectivity index (χ4n) is 1.98. The SMILES string of the molecule is O=C(Cc1ccccc1Cl)c1cnn(-c2ccccc2)n1. The Morgan fingerprint density at radius 2 is 1.76 bits per heavy atom. The molecule has 1 heterocycles. The third-order valence-electron chi connectivity index (χ3n) is 3.07. The van der Waals surface area contributed by atoms with E-state index in [2.05, 4.69) is 10.2 Å². The van der Waals surface area contributed by atoms with Crippen molar-refractivity contribution in [3.05, 3.63) is 77.1 Å². The Morgan fingerprint density at radius 3 is 2.52 bits per heavy atom. The van der Waals surface area contributed by atoms with Gasteiger partial charge in [-0.25, -0.2) is 0 Å². The molecule has 0 bridgehead atoms. The highest BCUT2D eigenvalue weighted by atomic mass is 35.5. The van der Waals surface area contributed by atoms with Crippen LogP contribution in [0, 0.1) is 0 Å². The van der Waals surface area contributed by atoms with Gasteiger partial charge in [-0.2, -0.15) is 9.90 Å². The molecule has 0 amide bonds. The first kappa shape index (κ1) is 13.5. The lowest BCUT2D eigenvalue weighted by Crippen LogP contribution is -2.06. The van der Waals surface area contributed by atoms with Crippen molar-refractivity contribution in [2.24, 2.45) is 0 Å². The van der Waals surface area contributed by atoms with Crippen LogP contribution in [-0.2, 0) is 6.42 Å². The molecule has 0 spiro atoms. The van der Waals surface area contributed by atoms with Crippen molar-refractivity contribution in [3.8, 4) is 5.69 Å². The highest BCUT2D eigenvalue weighted by molar-refractivity contribution is 6.31. The fourth-order valence-corrected chi connectivity index (χ4v) is 2.18. The first-order chi connectivity index (χ1) is 10.2. The average Bonchev–Trinajstić information content (AvgIpc) is 3.00. The summed E-state index contributed by atoms with van der Waals surface area (Å²) < 4.78 is 0. The number of hydrogen-bond donors (Lipinski definition) is 0. The van der Waals surface area contributed by atoms with Gasteiger partial charge in [0.15, 0.2) is 5.78 Å². The minimum atomic E-state index is -0.106. The van der Waals surface area contributed by atoms with Crippen molar-refractivity contribution in [2.75, 3.05) is 0 Å². The van der Waals surface area contributed by atoms with E-state index in [1.807, 2.05) is 48.5 Å². The minimum absolute atomic E-state index is 0.106. The van der Waals surface area contributed by atoms with Crippen LogP contribution in [0.15, 0.2) is 60.8 Å². The molecule has 3 rings (SSSR count). The lowest BCUT2D eigenvalue weighted by atomic mass is 10.1. The molecule has 1 aromatic heterocycles. The van der Waals surface area contributed by atoms with Gasteiger partial charge in [-0.05, 0) is 23.8 Å². The predicted molar refractivity (Wildman–Crippen MR) is 80.8 cm³/mol. The van der Waals surface area contributed by atoms with E-state index < -0.39 is 0 Å². The summed E-state index contributed by atoms with van der Waals surface area (Å²) in [6.45, 7) is 0. The summed E-state index contributed by atoms with van der Waals surface area (Å²) in [5.41, 5.74) is 1.94. The van der Waals surface area contributed by atoms with Gasteiger partial charge >= 0.3 is 0 Å². The van der Waals surface area contributed by atoms with E-state index in [1.165, 1.54) is 11.0 Å². The molecule has 21 heavy (non-hydrogen) atoms. The molecule has 0 aliphatic heterocycles. The van der Waals surface area contributed by atoms with Gasteiger partial charge in [0, 0.05) is 11.4 Å². The van der Waals surface area contributed by atoms with Crippen molar-refractivity contribution < 1.29 is 4.79 Å². The number of para-hydroxylation sites is 1. The molecule has 0 atom stereocenters. The molecule has 0 radical (unpaired) electrons. The summed E-state index contributed by atoms with van der Waals surface area (Å²) in [5, 5.41) is 8.93. The van der Waals surface area contributed by atoms with Crippen molar-refractivity contribution in [3.63, 3.8) is 0 Å². The molecule has 0 saturated carbocycles. The summed E-state index contributed by atoms with van der Waals surface area (Å²) in [7, 11) is 0. The van der Waals surface area contributed by atoms with E-state index in [0.29, 0.717) is 10.7 Å². The quantitative estimate of drug-likeness (QED) is 0.694. The molecule has 4 nitrogen and oxygen atoms in total. The molecule has 3 aromatic rings. The molecule has 2 aromatic carbocycles. The number of aromatic nitrogens is 3. The first-order valence-corrected chi connectivity index (χ1v) is 6.86. The summed E-state index contributed by atoms with van der Waals surface area (Å²) in [4.78, 5) is 13.7. The first-order valence-electron chi connectivity index (χ1n) is 6.48. The highest BCUT2D eigenvalue weighted by Gasteiger charge is 2.13. The van der Waals surface area contributed by atoms with Crippen LogP contribution >= 0.6 is 11.6 Å². The molecular formula is C16H12ClN3O. The third-order valence-corrected chi connectivity index (χ3v) is 3.44. The van der Waals surface area contributed by atoms with Crippen molar-refractivity contribution in [2.45, 2.75) is 6.42 Å². The number of benzene rings is 2. The second-order valence-corrected chi connectivity index (χ2v) is 4.95. The number of ketones is 1. The van der Waals surface area contributed by atoms with E-state index in [-0.39, 0.29) is 12.2 Å². The van der Waals surface area contributed by atoms with Gasteiger partial charge in [0.2, 0.25) is 0 Å². The van der Waals surface area contributed by atoms with Crippen LogP contribution in [0.3, 0.4) is 0 Å². The summed E-state index contributed by atoms with van der Waals surface area (Å²) in [6.07, 6.45) is 1.69. The number of carbonyl (C=O) groups excluding carboxylic acids is 1. The van der Waals surface area contributed by atoms with Gasteiger partial charge in [-0.3, -0.25) is 4.79 Å². The smallest absolute Gasteiger partial charge is 0.189 e. The lowest BCUT2D eigenvalue weighted by Gasteiger charge is -2.01. The number of rotatable bonds is 4. The zero-order valence-electron chi connectivity index (χ0n) is 11.1. The molecule has 0 unspecified atom stereocenters. The summed E-state index contributed by atoms with van der Waals surface area (Å²) in [5.74, 6) is -0.106. The molecule has 0 aliphatic carbocycles. The third kappa shape index (κ3) is 3.01. The normalized spacial score (nSPS) is 10.5. The van der Waals surface area contributed by atoms with Gasteiger partial charge in [0.1, 0.15) is 5.69 Å². The molecular weight excluding hydrogens is 286 g/mol. The predicted octanol–water partition coefficient (Wildman–Crippen LogP) is 3.35. The second kappa shape index (κ2) is 5.89. The van der Waals surface area contributed by atoms with E-state index >= 15 is 0 Å². The molecule has 5 heteroatoms. The van der Waals surface area contributed by atoms with Crippen LogP contribution in [0.2, 0.25) is 5.02 Å². The second-order valence-electron chi connectivity index (χ2n) is 4.55. The van der Waals surface area contributed by atoms with Crippen molar-refractivity contribution in [1.82, 2.24) is 15.0 Å². The monoisotopic (exact) mass is 297 g/mol. The lowest BCUT2D eigenvalue weighted by molar-refractivity contribution is 0.0988. The van der Waals surface area contributed by atoms with Crippen LogP contribution in [0.4, 0.5) is 0 Å². The van der Waals surface area contributed by atoms with Gasteiger partial charge in [0.25, 0.3) is 0 Å². The average molecular weight is 298 g/mol. The Hall–Kier alpha value is -2.46. The van der Waals surface area contributed by atoms with Gasteiger partial charge < -0.3 is 0 Å². The van der Waals surface area contributed by atoms with Gasteiger partial charge in [-0.1, -0.05) is 48.0 Å². The maximum atomic E-state index is 12.2. The largest absolute Gasteiger partial charge is 0.292 e. The van der Waals surface area contributed by atoms with E-state index in [0.717, 1.165) is 11.3 Å². The van der Waals surface area contributed by atoms with Crippen LogP contribution < -0.4 is 0 Å². The molecule has 0 fully saturated rings. The fraction of sp³-hybridized carbons (Fsp3) is 0.0625. The maximum absolute atomic E-state index is 12.2. The van der Waals surface area contributed by atoms with Crippen LogP contribution in [0.1, 0.15) is 16.1 Å². The van der Waals surface area contributed by atoms with Crippen LogP contribution in [0.25, 0.3) is 5.69 Å². The van der Waals surface area contributed by atoms with Gasteiger partial charge in [0.05, 0.1) is 11.9 Å². The molecule has 0 N–H and O–H groups in total. The molecule has 0 aliphatic rings. The standard InChI is InChI=1S/C16H12ClN3O/c17-14-9-5-4-6-12(14)10-16(21)15-11-18-20(19-15)13-7-2-1-3-8-13/h1-9,11H,10H2.